The van der Waals surface area contributed by atoms with E-state index >= 15 is 0 Å². The fraction of sp³-hybridized carbons (Fsp3) is 0.423. The van der Waals surface area contributed by atoms with E-state index in [-0.39, 0.29) is 0 Å². The van der Waals surface area contributed by atoms with E-state index in [1.807, 2.05) is 7.05 Å². The number of carbonyl (C=O) groups is 1. The summed E-state index contributed by atoms with van der Waals surface area (Å²) in [4.78, 5) is 15.0. The second-order valence-electron chi connectivity index (χ2n) is 8.83. The van der Waals surface area contributed by atoms with Gasteiger partial charge in [-0.15, -0.1) is 5.10 Å². The molecular weight excluding hydrogens is 501 g/mol. The summed E-state index contributed by atoms with van der Waals surface area (Å²) in [5.41, 5.74) is 1.93. The molecule has 4 rings (SSSR count). The minimum Gasteiger partial charge on any atom is -0.497 e. The monoisotopic (exact) mass is 534 g/mol. The van der Waals surface area contributed by atoms with Gasteiger partial charge < -0.3 is 19.7 Å². The van der Waals surface area contributed by atoms with E-state index in [4.69, 9.17) is 9.47 Å². The number of likely N-dealkylation sites (N-methyl/N-ethyl adjacent to an activating group) is 1. The highest BCUT2D eigenvalue weighted by atomic mass is 19.4. The van der Waals surface area contributed by atoms with E-state index in [1.165, 1.54) is 6.07 Å². The zero-order valence-electron chi connectivity index (χ0n) is 22.2. The Morgan fingerprint density at radius 2 is 1.76 bits per heavy atom. The molecule has 0 bridgehead atoms. The van der Waals surface area contributed by atoms with Gasteiger partial charge in [0, 0.05) is 51.5 Å². The second-order valence-corrected chi connectivity index (χ2v) is 8.83. The van der Waals surface area contributed by atoms with Crippen LogP contribution in [0.25, 0.3) is 5.69 Å². The zero-order valence-corrected chi connectivity index (χ0v) is 22.2. The molecule has 0 unspecified atom stereocenters. The molecule has 2 aromatic carbocycles. The van der Waals surface area contributed by atoms with Crippen molar-refractivity contribution in [3.05, 3.63) is 58.9 Å². The van der Waals surface area contributed by atoms with Crippen molar-refractivity contribution in [2.75, 3.05) is 59.8 Å². The van der Waals surface area contributed by atoms with E-state index in [9.17, 15) is 18.0 Å². The lowest BCUT2D eigenvalue weighted by molar-refractivity contribution is -0.138. The van der Waals surface area contributed by atoms with E-state index < -0.39 is 11.7 Å². The molecule has 0 amide bonds. The molecule has 0 atom stereocenters. The van der Waals surface area contributed by atoms with Gasteiger partial charge in [-0.2, -0.15) is 13.2 Å². The van der Waals surface area contributed by atoms with E-state index in [1.54, 1.807) is 63.2 Å². The molecule has 0 radical (unpaired) electrons. The van der Waals surface area contributed by atoms with Crippen LogP contribution in [0.5, 0.6) is 11.5 Å². The molecule has 9 nitrogen and oxygen atoms in total. The first-order valence-corrected chi connectivity index (χ1v) is 12.0. The number of anilines is 1. The molecule has 206 valence electrons. The number of hydrogen-bond donors (Lipinski definition) is 1. The van der Waals surface area contributed by atoms with Crippen molar-refractivity contribution in [1.82, 2.24) is 24.8 Å². The summed E-state index contributed by atoms with van der Waals surface area (Å²) in [7, 11) is 6.80. The number of benzene rings is 2. The van der Waals surface area contributed by atoms with Crippen LogP contribution in [0.4, 0.5) is 18.9 Å². The number of nitrogens with one attached hydrogen (secondary N) is 1. The minimum absolute atomic E-state index is 0.305. The molecule has 38 heavy (non-hydrogen) atoms. The van der Waals surface area contributed by atoms with Gasteiger partial charge in [-0.05, 0) is 43.8 Å². The number of methoxy groups -OCH3 is 2. The van der Waals surface area contributed by atoms with Gasteiger partial charge in [-0.3, -0.25) is 9.69 Å². The van der Waals surface area contributed by atoms with E-state index in [2.05, 4.69) is 25.4 Å². The molecule has 0 spiro atoms. The lowest BCUT2D eigenvalue weighted by Gasteiger charge is -2.33. The number of hydrogen-bond acceptors (Lipinski definition) is 8. The fourth-order valence-corrected chi connectivity index (χ4v) is 4.02. The van der Waals surface area contributed by atoms with Crippen LogP contribution in [0, 0.1) is 6.92 Å². The number of aromatic nitrogens is 3. The first kappa shape index (κ1) is 28.9. The van der Waals surface area contributed by atoms with Crippen molar-refractivity contribution in [2.24, 2.45) is 0 Å². The quantitative estimate of drug-likeness (QED) is 0.457. The van der Waals surface area contributed by atoms with Crippen LogP contribution in [0.2, 0.25) is 0 Å². The van der Waals surface area contributed by atoms with E-state index in [0.717, 1.165) is 26.2 Å². The Bertz CT molecular complexity index is 1220. The van der Waals surface area contributed by atoms with Crippen molar-refractivity contribution in [1.29, 1.82) is 0 Å². The number of piperazine rings is 1. The molecule has 12 heteroatoms. The normalized spacial score (nSPS) is 14.4. The highest BCUT2D eigenvalue weighted by Crippen LogP contribution is 2.34. The predicted molar refractivity (Wildman–Crippen MR) is 138 cm³/mol. The average molecular weight is 535 g/mol. The van der Waals surface area contributed by atoms with Crippen molar-refractivity contribution < 1.29 is 27.4 Å². The number of carbonyl (C=O) groups excluding carboxylic acids is 1. The van der Waals surface area contributed by atoms with Gasteiger partial charge >= 0.3 is 6.18 Å². The third-order valence-corrected chi connectivity index (χ3v) is 6.35. The number of halogens is 3. The first-order chi connectivity index (χ1) is 18.1. The van der Waals surface area contributed by atoms with Crippen LogP contribution in [-0.2, 0) is 12.7 Å². The van der Waals surface area contributed by atoms with Crippen LogP contribution in [0.1, 0.15) is 27.3 Å². The molecule has 1 aromatic heterocycles. The van der Waals surface area contributed by atoms with Crippen LogP contribution in [0.15, 0.2) is 36.4 Å². The smallest absolute Gasteiger partial charge is 0.416 e. The van der Waals surface area contributed by atoms with E-state index in [0.29, 0.717) is 52.7 Å². The maximum absolute atomic E-state index is 13.1. The van der Waals surface area contributed by atoms with Crippen LogP contribution in [0.3, 0.4) is 0 Å². The average Bonchev–Trinajstić information content (AvgIpc) is 3.29. The van der Waals surface area contributed by atoms with Gasteiger partial charge in [0.15, 0.2) is 6.29 Å². The molecule has 3 aromatic rings. The summed E-state index contributed by atoms with van der Waals surface area (Å²) in [6, 6.07) is 9.79. The molecule has 1 aliphatic heterocycles. The third-order valence-electron chi connectivity index (χ3n) is 6.35. The maximum Gasteiger partial charge on any atom is 0.416 e. The van der Waals surface area contributed by atoms with Gasteiger partial charge in [-0.25, -0.2) is 4.68 Å². The predicted octanol–water partition coefficient (Wildman–Crippen LogP) is 3.90. The Kier molecular flexibility index (Phi) is 9.70. The van der Waals surface area contributed by atoms with Gasteiger partial charge in [0.2, 0.25) is 0 Å². The van der Waals surface area contributed by atoms with Crippen LogP contribution in [-0.4, -0.2) is 85.6 Å². The minimum atomic E-state index is -4.31. The number of aldehydes is 1. The maximum atomic E-state index is 13.1. The summed E-state index contributed by atoms with van der Waals surface area (Å²) in [5, 5.41) is 10.5. The molecule has 1 saturated heterocycles. The lowest BCUT2D eigenvalue weighted by atomic mass is 10.0. The molecule has 1 aliphatic rings. The Hall–Kier alpha value is -3.64. The molecule has 1 fully saturated rings. The summed E-state index contributed by atoms with van der Waals surface area (Å²) in [6.45, 7) is 5.53. The molecule has 0 aliphatic carbocycles. The van der Waals surface area contributed by atoms with Crippen molar-refractivity contribution in [3.63, 3.8) is 0 Å². The SMILES string of the molecule is CNc1ccc(CN2CCN(C)CC2)c(C(F)(F)F)c1.COc1ccc(OC)c(-n2nnc(C=O)c2C)c1. The Labute approximate surface area is 220 Å². The van der Waals surface area contributed by atoms with Gasteiger partial charge in [0.25, 0.3) is 0 Å². The topological polar surface area (TPSA) is 84.8 Å². The largest absolute Gasteiger partial charge is 0.497 e. The fourth-order valence-electron chi connectivity index (χ4n) is 4.02. The molecule has 2 heterocycles. The van der Waals surface area contributed by atoms with Gasteiger partial charge in [0.1, 0.15) is 22.9 Å². The number of nitrogens with zero attached hydrogens (tertiary/aromatic N) is 5. The Balaban J connectivity index is 0.000000212. The van der Waals surface area contributed by atoms with Crippen LogP contribution >= 0.6 is 0 Å². The van der Waals surface area contributed by atoms with Crippen molar-refractivity contribution >= 4 is 12.0 Å². The summed E-state index contributed by atoms with van der Waals surface area (Å²) in [5.74, 6) is 1.30. The summed E-state index contributed by atoms with van der Waals surface area (Å²) < 4.78 is 51.4. The highest BCUT2D eigenvalue weighted by molar-refractivity contribution is 5.73. The summed E-state index contributed by atoms with van der Waals surface area (Å²) >= 11 is 0. The molecular formula is C26H33F3N6O3. The standard InChI is InChI=1S/C14H20F3N3.C12H13N3O3/c1-18-12-4-3-11(13(9-12)14(15,16)17)10-20-7-5-19(2)6-8-20;1-8-10(7-16)13-14-15(8)11-6-9(17-2)4-5-12(11)18-3/h3-4,9,18H,5-8,10H2,1-2H3;4-7H,1-3H3. The van der Waals surface area contributed by atoms with Crippen LogP contribution < -0.4 is 14.8 Å². The van der Waals surface area contributed by atoms with Crippen molar-refractivity contribution in [2.45, 2.75) is 19.6 Å². The lowest BCUT2D eigenvalue weighted by Crippen LogP contribution is -2.44. The van der Waals surface area contributed by atoms with Gasteiger partial charge in [-0.1, -0.05) is 11.3 Å². The van der Waals surface area contributed by atoms with Gasteiger partial charge in [0.05, 0.1) is 25.5 Å². The first-order valence-electron chi connectivity index (χ1n) is 12.0. The zero-order chi connectivity index (χ0) is 27.9. The molecule has 0 saturated carbocycles. The Morgan fingerprint density at radius 3 is 2.32 bits per heavy atom. The Morgan fingerprint density at radius 1 is 1.05 bits per heavy atom. The number of alkyl halides is 3. The summed E-state index contributed by atoms with van der Waals surface area (Å²) in [6.07, 6.45) is -3.64. The number of ether oxygens (including phenoxy) is 2. The molecule has 1 N–H and O–H groups in total. The van der Waals surface area contributed by atoms with Crippen molar-refractivity contribution in [3.8, 4) is 17.2 Å². The second kappa shape index (κ2) is 12.7. The number of rotatable bonds is 7. The highest BCUT2D eigenvalue weighted by Gasteiger charge is 2.34. The third kappa shape index (κ3) is 7.01.